The topological polar surface area (TPSA) is 94.8 Å². The molecule has 1 N–H and O–H groups in total. The first kappa shape index (κ1) is 23.8. The van der Waals surface area contributed by atoms with Gasteiger partial charge in [-0.15, -0.1) is 0 Å². The second-order valence-corrected chi connectivity index (χ2v) is 8.28. The van der Waals surface area contributed by atoms with Crippen molar-refractivity contribution < 1.29 is 23.5 Å². The van der Waals surface area contributed by atoms with Crippen LogP contribution in [-0.2, 0) is 19.1 Å². The zero-order valence-electron chi connectivity index (χ0n) is 19.1. The van der Waals surface area contributed by atoms with E-state index in [1.165, 1.54) is 0 Å². The van der Waals surface area contributed by atoms with Crippen molar-refractivity contribution in [2.45, 2.75) is 26.7 Å². The SMILES string of the molecule is CCOC(=O)C1=C(C)NC(CBr)=C(C(=O)OCC)C1c1cccc2c(=O)c3ccccc3oc12. The Morgan fingerprint density at radius 3 is 2.29 bits per heavy atom. The summed E-state index contributed by atoms with van der Waals surface area (Å²) in [6, 6.07) is 12.1. The van der Waals surface area contributed by atoms with E-state index in [4.69, 9.17) is 13.9 Å². The first-order valence-corrected chi connectivity index (χ1v) is 12.1. The van der Waals surface area contributed by atoms with Crippen LogP contribution in [0.1, 0.15) is 32.3 Å². The van der Waals surface area contributed by atoms with E-state index in [9.17, 15) is 14.4 Å². The number of para-hydroxylation sites is 2. The molecule has 0 saturated carbocycles. The minimum Gasteiger partial charge on any atom is -0.463 e. The van der Waals surface area contributed by atoms with Crippen LogP contribution in [0.4, 0.5) is 0 Å². The molecule has 1 aliphatic rings. The van der Waals surface area contributed by atoms with Crippen molar-refractivity contribution in [3.05, 3.63) is 80.8 Å². The molecule has 1 aromatic heterocycles. The Morgan fingerprint density at radius 2 is 1.62 bits per heavy atom. The molecule has 1 unspecified atom stereocenters. The molecule has 1 atom stereocenters. The summed E-state index contributed by atoms with van der Waals surface area (Å²) >= 11 is 3.44. The molecule has 0 amide bonds. The molecule has 7 nitrogen and oxygen atoms in total. The van der Waals surface area contributed by atoms with Gasteiger partial charge in [0.05, 0.1) is 41.1 Å². The van der Waals surface area contributed by atoms with E-state index in [2.05, 4.69) is 21.2 Å². The Balaban J connectivity index is 2.08. The summed E-state index contributed by atoms with van der Waals surface area (Å²) in [4.78, 5) is 39.6. The largest absolute Gasteiger partial charge is 0.463 e. The van der Waals surface area contributed by atoms with Crippen LogP contribution in [0.2, 0.25) is 0 Å². The van der Waals surface area contributed by atoms with Gasteiger partial charge in [-0.3, -0.25) is 4.79 Å². The van der Waals surface area contributed by atoms with Crippen molar-refractivity contribution in [3.8, 4) is 0 Å². The van der Waals surface area contributed by atoms with Crippen molar-refractivity contribution in [1.29, 1.82) is 0 Å². The lowest BCUT2D eigenvalue weighted by molar-refractivity contribution is -0.139. The van der Waals surface area contributed by atoms with Crippen LogP contribution in [0.3, 0.4) is 0 Å². The minimum absolute atomic E-state index is 0.164. The number of esters is 2. The molecule has 4 rings (SSSR count). The Hall–Kier alpha value is -3.39. The summed E-state index contributed by atoms with van der Waals surface area (Å²) in [5, 5.41) is 4.29. The number of allylic oxidation sites excluding steroid dienone is 2. The number of carbonyl (C=O) groups excluding carboxylic acids is 2. The van der Waals surface area contributed by atoms with Gasteiger partial charge in [0, 0.05) is 22.3 Å². The highest BCUT2D eigenvalue weighted by atomic mass is 79.9. The summed E-state index contributed by atoms with van der Waals surface area (Å²) in [5.41, 5.74) is 2.68. The molecule has 0 fully saturated rings. The zero-order valence-corrected chi connectivity index (χ0v) is 20.7. The quantitative estimate of drug-likeness (QED) is 0.283. The lowest BCUT2D eigenvalue weighted by Gasteiger charge is -2.31. The van der Waals surface area contributed by atoms with E-state index in [0.29, 0.717) is 44.2 Å². The van der Waals surface area contributed by atoms with Gasteiger partial charge in [-0.1, -0.05) is 40.2 Å². The smallest absolute Gasteiger partial charge is 0.336 e. The molecule has 0 spiro atoms. The third-order valence-electron chi connectivity index (χ3n) is 5.71. The number of fused-ring (bicyclic) bond motifs is 2. The number of rotatable bonds is 6. The first-order valence-electron chi connectivity index (χ1n) is 11.0. The van der Waals surface area contributed by atoms with Gasteiger partial charge in [-0.2, -0.15) is 0 Å². The standard InChI is InChI=1S/C26H24BrNO6/c1-4-32-25(30)20-14(3)28-18(13-27)22(26(31)33-5-2)21(20)16-10-8-11-17-23(29)15-9-6-7-12-19(15)34-24(16)17/h6-12,21,28H,4-5,13H2,1-3H3. The fourth-order valence-electron chi connectivity index (χ4n) is 4.32. The van der Waals surface area contributed by atoms with Crippen LogP contribution in [0.5, 0.6) is 0 Å². The number of benzene rings is 2. The molecule has 0 saturated heterocycles. The van der Waals surface area contributed by atoms with Gasteiger partial charge in [0.15, 0.2) is 0 Å². The summed E-state index contributed by atoms with van der Waals surface area (Å²) in [7, 11) is 0. The van der Waals surface area contributed by atoms with Gasteiger partial charge in [0.1, 0.15) is 11.2 Å². The number of alkyl halides is 1. The number of ether oxygens (including phenoxy) is 2. The fourth-order valence-corrected chi connectivity index (χ4v) is 4.76. The van der Waals surface area contributed by atoms with Crippen molar-refractivity contribution >= 4 is 49.8 Å². The molecule has 8 heteroatoms. The van der Waals surface area contributed by atoms with Gasteiger partial charge < -0.3 is 19.2 Å². The van der Waals surface area contributed by atoms with Crippen LogP contribution < -0.4 is 10.7 Å². The highest BCUT2D eigenvalue weighted by Crippen LogP contribution is 2.42. The van der Waals surface area contributed by atoms with Crippen LogP contribution in [-0.4, -0.2) is 30.5 Å². The van der Waals surface area contributed by atoms with E-state index in [0.717, 1.165) is 0 Å². The monoisotopic (exact) mass is 525 g/mol. The first-order chi connectivity index (χ1) is 16.4. The number of nitrogens with one attached hydrogen (secondary N) is 1. The van der Waals surface area contributed by atoms with Gasteiger partial charge in [0.25, 0.3) is 0 Å². The maximum atomic E-state index is 13.3. The van der Waals surface area contributed by atoms with Gasteiger partial charge in [-0.25, -0.2) is 9.59 Å². The van der Waals surface area contributed by atoms with Gasteiger partial charge in [0.2, 0.25) is 5.43 Å². The molecular formula is C26H24BrNO6. The molecular weight excluding hydrogens is 502 g/mol. The second-order valence-electron chi connectivity index (χ2n) is 7.71. The third-order valence-corrected chi connectivity index (χ3v) is 6.27. The zero-order chi connectivity index (χ0) is 24.4. The number of carbonyl (C=O) groups is 2. The number of hydrogen-bond donors (Lipinski definition) is 1. The van der Waals surface area contributed by atoms with E-state index in [-0.39, 0.29) is 29.8 Å². The highest BCUT2D eigenvalue weighted by molar-refractivity contribution is 9.09. The maximum Gasteiger partial charge on any atom is 0.336 e. The second kappa shape index (κ2) is 9.85. The fraction of sp³-hybridized carbons (Fsp3) is 0.269. The Labute approximate surface area is 204 Å². The third kappa shape index (κ3) is 4.03. The molecule has 1 aliphatic heterocycles. The lowest BCUT2D eigenvalue weighted by atomic mass is 9.79. The molecule has 2 heterocycles. The molecule has 0 aliphatic carbocycles. The number of dihydropyridines is 1. The highest BCUT2D eigenvalue weighted by Gasteiger charge is 2.40. The Kier molecular flexibility index (Phi) is 6.88. The van der Waals surface area contributed by atoms with Crippen LogP contribution in [0.15, 0.2) is 74.2 Å². The van der Waals surface area contributed by atoms with Crippen molar-refractivity contribution in [2.75, 3.05) is 18.5 Å². The average Bonchev–Trinajstić information content (AvgIpc) is 2.83. The Bertz CT molecular complexity index is 1420. The molecule has 0 bridgehead atoms. The molecule has 2 aromatic carbocycles. The molecule has 3 aromatic rings. The van der Waals surface area contributed by atoms with E-state index in [1.807, 2.05) is 0 Å². The average molecular weight is 526 g/mol. The van der Waals surface area contributed by atoms with Crippen LogP contribution in [0.25, 0.3) is 21.9 Å². The number of halogens is 1. The normalized spacial score (nSPS) is 16.1. The van der Waals surface area contributed by atoms with Crippen molar-refractivity contribution in [1.82, 2.24) is 5.32 Å². The summed E-state index contributed by atoms with van der Waals surface area (Å²) in [6.07, 6.45) is 0. The van der Waals surface area contributed by atoms with Crippen molar-refractivity contribution in [3.63, 3.8) is 0 Å². The van der Waals surface area contributed by atoms with Gasteiger partial charge >= 0.3 is 11.9 Å². The predicted molar refractivity (Wildman–Crippen MR) is 133 cm³/mol. The van der Waals surface area contributed by atoms with Gasteiger partial charge in [-0.05, 0) is 39.0 Å². The lowest BCUT2D eigenvalue weighted by Crippen LogP contribution is -2.34. The molecule has 34 heavy (non-hydrogen) atoms. The Morgan fingerprint density at radius 1 is 0.971 bits per heavy atom. The maximum absolute atomic E-state index is 13.3. The molecule has 176 valence electrons. The minimum atomic E-state index is -0.861. The van der Waals surface area contributed by atoms with E-state index < -0.39 is 17.9 Å². The molecule has 0 radical (unpaired) electrons. The number of hydrogen-bond acceptors (Lipinski definition) is 7. The van der Waals surface area contributed by atoms with Crippen LogP contribution in [0, 0.1) is 0 Å². The summed E-state index contributed by atoms with van der Waals surface area (Å²) in [6.45, 7) is 5.52. The predicted octanol–water partition coefficient (Wildman–Crippen LogP) is 4.68. The van der Waals surface area contributed by atoms with E-state index >= 15 is 0 Å². The van der Waals surface area contributed by atoms with Crippen molar-refractivity contribution in [2.24, 2.45) is 0 Å². The van der Waals surface area contributed by atoms with E-state index in [1.54, 1.807) is 63.2 Å². The van der Waals surface area contributed by atoms with Crippen LogP contribution >= 0.6 is 15.9 Å². The summed E-state index contributed by atoms with van der Waals surface area (Å²) in [5.74, 6) is -1.99. The summed E-state index contributed by atoms with van der Waals surface area (Å²) < 4.78 is 16.9.